The van der Waals surface area contributed by atoms with Crippen molar-refractivity contribution in [1.82, 2.24) is 15.1 Å². The number of sulfonamides is 1. The number of nitrogens with zero attached hydrogens (tertiary/aromatic N) is 2. The van der Waals surface area contributed by atoms with Crippen molar-refractivity contribution in [2.75, 3.05) is 11.0 Å². The van der Waals surface area contributed by atoms with Crippen LogP contribution in [-0.2, 0) is 26.8 Å². The summed E-state index contributed by atoms with van der Waals surface area (Å²) in [5.74, 6) is -1.59. The lowest BCUT2D eigenvalue weighted by Gasteiger charge is -2.17. The Morgan fingerprint density at radius 2 is 1.97 bits per heavy atom. The maximum absolute atomic E-state index is 14.4. The zero-order valence-electron chi connectivity index (χ0n) is 19.9. The highest BCUT2D eigenvalue weighted by molar-refractivity contribution is 7.92. The van der Waals surface area contributed by atoms with E-state index in [1.807, 2.05) is 10.7 Å². The molecule has 1 atom stereocenters. The Morgan fingerprint density at radius 1 is 1.24 bits per heavy atom. The number of hydrogen-bond acceptors (Lipinski definition) is 4. The van der Waals surface area contributed by atoms with Gasteiger partial charge >= 0.3 is 0 Å². The van der Waals surface area contributed by atoms with E-state index in [1.54, 1.807) is 13.0 Å². The molecule has 0 spiro atoms. The highest BCUT2D eigenvalue weighted by Gasteiger charge is 2.23. The van der Waals surface area contributed by atoms with Crippen molar-refractivity contribution in [2.24, 2.45) is 0 Å². The number of aromatic nitrogens is 2. The van der Waals surface area contributed by atoms with E-state index < -0.39 is 21.8 Å². The Hall–Kier alpha value is -2.68. The quantitative estimate of drug-likeness (QED) is 0.614. The Labute approximate surface area is 195 Å². The number of allylic oxidation sites excluding steroid dienone is 2. The highest BCUT2D eigenvalue weighted by Crippen LogP contribution is 2.28. The third-order valence-corrected chi connectivity index (χ3v) is 6.31. The number of rotatable bonds is 7. The number of carbonyl (C=O) groups is 1. The molecule has 1 aliphatic carbocycles. The average Bonchev–Trinajstić information content (AvgIpc) is 3.17. The van der Waals surface area contributed by atoms with E-state index >= 15 is 0 Å². The lowest BCUT2D eigenvalue weighted by atomic mass is 9.92. The van der Waals surface area contributed by atoms with Crippen LogP contribution in [0.25, 0.3) is 5.70 Å². The summed E-state index contributed by atoms with van der Waals surface area (Å²) in [5, 5.41) is 7.78. The summed E-state index contributed by atoms with van der Waals surface area (Å²) in [7, 11) is -3.59. The van der Waals surface area contributed by atoms with Crippen LogP contribution >= 0.6 is 0 Å². The Kier molecular flexibility index (Phi) is 7.31. The predicted molar refractivity (Wildman–Crippen MR) is 129 cm³/mol. The maximum atomic E-state index is 14.4. The molecule has 9 heteroatoms. The van der Waals surface area contributed by atoms with Gasteiger partial charge in [-0.25, -0.2) is 17.5 Å². The van der Waals surface area contributed by atoms with Gasteiger partial charge in [-0.05, 0) is 56.4 Å². The summed E-state index contributed by atoms with van der Waals surface area (Å²) in [6.45, 7) is 8.32. The van der Waals surface area contributed by atoms with Crippen LogP contribution in [0.2, 0.25) is 0 Å². The first-order valence-electron chi connectivity index (χ1n) is 11.2. The number of hydrogen-bond donors (Lipinski definition) is 2. The molecule has 3 rings (SSSR count). The van der Waals surface area contributed by atoms with Gasteiger partial charge in [0, 0.05) is 11.1 Å². The molecular weight excluding hydrogens is 443 g/mol. The molecule has 0 saturated carbocycles. The smallest absolute Gasteiger partial charge is 0.229 e. The van der Waals surface area contributed by atoms with Crippen LogP contribution in [-0.4, -0.2) is 30.4 Å². The lowest BCUT2D eigenvalue weighted by Crippen LogP contribution is -2.28. The summed E-state index contributed by atoms with van der Waals surface area (Å²) in [6, 6.07) is 6.10. The van der Waals surface area contributed by atoms with E-state index in [0.717, 1.165) is 42.6 Å². The SMILES string of the molecule is CC(C(=O)NCc1cc(C(C)(C)C)nn1C1=CCCCC1)c1ccc(NS(C)(=O)=O)c(F)c1. The number of amides is 1. The normalized spacial score (nSPS) is 15.6. The van der Waals surface area contributed by atoms with Gasteiger partial charge in [-0.3, -0.25) is 9.52 Å². The first kappa shape index (κ1) is 25.0. The molecule has 2 N–H and O–H groups in total. The maximum Gasteiger partial charge on any atom is 0.229 e. The second-order valence-electron chi connectivity index (χ2n) is 9.68. The van der Waals surface area contributed by atoms with Gasteiger partial charge in [0.15, 0.2) is 0 Å². The molecule has 0 aliphatic heterocycles. The molecule has 0 radical (unpaired) electrons. The Bertz CT molecular complexity index is 1160. The second-order valence-corrected chi connectivity index (χ2v) is 11.4. The van der Waals surface area contributed by atoms with Crippen molar-refractivity contribution in [3.05, 3.63) is 53.1 Å². The number of benzene rings is 1. The van der Waals surface area contributed by atoms with Crippen molar-refractivity contribution in [1.29, 1.82) is 0 Å². The third kappa shape index (κ3) is 6.43. The van der Waals surface area contributed by atoms with Gasteiger partial charge in [0.1, 0.15) is 5.82 Å². The van der Waals surface area contributed by atoms with Gasteiger partial charge in [-0.1, -0.05) is 32.9 Å². The Balaban J connectivity index is 1.75. The second kappa shape index (κ2) is 9.67. The zero-order valence-corrected chi connectivity index (χ0v) is 20.7. The van der Waals surface area contributed by atoms with Gasteiger partial charge < -0.3 is 5.32 Å². The lowest BCUT2D eigenvalue weighted by molar-refractivity contribution is -0.122. The summed E-state index contributed by atoms with van der Waals surface area (Å²) in [6.07, 6.45) is 7.44. The predicted octanol–water partition coefficient (Wildman–Crippen LogP) is 4.53. The summed E-state index contributed by atoms with van der Waals surface area (Å²) in [4.78, 5) is 12.8. The molecular formula is C24H33FN4O3S. The van der Waals surface area contributed by atoms with Crippen LogP contribution in [0.3, 0.4) is 0 Å². The minimum Gasteiger partial charge on any atom is -0.350 e. The van der Waals surface area contributed by atoms with E-state index in [-0.39, 0.29) is 17.0 Å². The van der Waals surface area contributed by atoms with Crippen molar-refractivity contribution < 1.29 is 17.6 Å². The molecule has 1 aliphatic rings. The monoisotopic (exact) mass is 476 g/mol. The molecule has 180 valence electrons. The third-order valence-electron chi connectivity index (χ3n) is 5.72. The van der Waals surface area contributed by atoms with Gasteiger partial charge in [-0.2, -0.15) is 5.10 Å². The van der Waals surface area contributed by atoms with E-state index in [1.165, 1.54) is 18.6 Å². The van der Waals surface area contributed by atoms with Gasteiger partial charge in [0.05, 0.1) is 35.8 Å². The first-order chi connectivity index (χ1) is 15.3. The average molecular weight is 477 g/mol. The fraction of sp³-hybridized carbons (Fsp3) is 0.500. The molecule has 0 saturated heterocycles. The van der Waals surface area contributed by atoms with Crippen molar-refractivity contribution in [3.63, 3.8) is 0 Å². The van der Waals surface area contributed by atoms with Gasteiger partial charge in [-0.15, -0.1) is 0 Å². The molecule has 33 heavy (non-hydrogen) atoms. The minimum absolute atomic E-state index is 0.119. The first-order valence-corrected chi connectivity index (χ1v) is 13.1. The highest BCUT2D eigenvalue weighted by atomic mass is 32.2. The number of anilines is 1. The number of halogens is 1. The topological polar surface area (TPSA) is 93.1 Å². The van der Waals surface area contributed by atoms with E-state index in [0.29, 0.717) is 12.1 Å². The van der Waals surface area contributed by atoms with Crippen LogP contribution in [0, 0.1) is 5.82 Å². The summed E-state index contributed by atoms with van der Waals surface area (Å²) in [5.41, 5.74) is 3.22. The van der Waals surface area contributed by atoms with Crippen LogP contribution in [0.1, 0.15) is 76.2 Å². The molecule has 0 fully saturated rings. The molecule has 1 amide bonds. The number of carbonyl (C=O) groups excluding carboxylic acids is 1. The number of nitrogens with one attached hydrogen (secondary N) is 2. The summed E-state index contributed by atoms with van der Waals surface area (Å²) >= 11 is 0. The van der Waals surface area contributed by atoms with Crippen LogP contribution in [0.4, 0.5) is 10.1 Å². The van der Waals surface area contributed by atoms with Crippen LogP contribution < -0.4 is 10.0 Å². The molecule has 7 nitrogen and oxygen atoms in total. The fourth-order valence-corrected chi connectivity index (χ4v) is 4.30. The Morgan fingerprint density at radius 3 is 2.55 bits per heavy atom. The molecule has 2 aromatic rings. The fourth-order valence-electron chi connectivity index (χ4n) is 3.74. The minimum atomic E-state index is -3.59. The molecule has 1 aromatic carbocycles. The van der Waals surface area contributed by atoms with Crippen molar-refractivity contribution >= 4 is 27.3 Å². The molecule has 1 aromatic heterocycles. The largest absolute Gasteiger partial charge is 0.350 e. The standard InChI is InChI=1S/C24H33FN4O3S/c1-16(17-11-12-21(20(25)13-17)28-33(5,31)32)23(30)26-15-19-14-22(24(2,3)4)27-29(19)18-9-7-6-8-10-18/h9,11-14,16,28H,6-8,10,15H2,1-5H3,(H,26,30). The molecule has 0 bridgehead atoms. The van der Waals surface area contributed by atoms with E-state index in [2.05, 4.69) is 36.9 Å². The van der Waals surface area contributed by atoms with Crippen LogP contribution in [0.5, 0.6) is 0 Å². The van der Waals surface area contributed by atoms with E-state index in [4.69, 9.17) is 5.10 Å². The zero-order chi connectivity index (χ0) is 24.4. The molecule has 1 heterocycles. The van der Waals surface area contributed by atoms with Gasteiger partial charge in [0.25, 0.3) is 0 Å². The van der Waals surface area contributed by atoms with Gasteiger partial charge in [0.2, 0.25) is 15.9 Å². The van der Waals surface area contributed by atoms with Crippen molar-refractivity contribution in [2.45, 2.75) is 71.3 Å². The van der Waals surface area contributed by atoms with Crippen molar-refractivity contribution in [3.8, 4) is 0 Å². The van der Waals surface area contributed by atoms with Crippen LogP contribution in [0.15, 0.2) is 30.3 Å². The van der Waals surface area contributed by atoms with E-state index in [9.17, 15) is 17.6 Å². The molecule has 1 unspecified atom stereocenters. The summed E-state index contributed by atoms with van der Waals surface area (Å²) < 4.78 is 41.1.